The molecule has 0 saturated heterocycles. The normalized spacial score (nSPS) is 10.9. The number of ether oxygens (including phenoxy) is 1. The molecule has 0 amide bonds. The van der Waals surface area contributed by atoms with Gasteiger partial charge in [-0.05, 0) is 18.2 Å². The van der Waals surface area contributed by atoms with Crippen molar-refractivity contribution in [1.82, 2.24) is 9.72 Å². The number of methoxy groups -OCH3 is 1. The fourth-order valence-electron chi connectivity index (χ4n) is 2.17. The lowest BCUT2D eigenvalue weighted by Crippen LogP contribution is -1.92. The van der Waals surface area contributed by atoms with Gasteiger partial charge in [0.2, 0.25) is 5.76 Å². The number of aromatic nitrogens is 2. The highest BCUT2D eigenvalue weighted by atomic mass is 16.5. The molecule has 1 aromatic carbocycles. The summed E-state index contributed by atoms with van der Waals surface area (Å²) in [5, 5.41) is 13.7. The Bertz CT molecular complexity index is 801. The van der Waals surface area contributed by atoms with Gasteiger partial charge in [-0.3, -0.25) is 0 Å². The van der Waals surface area contributed by atoms with E-state index in [9.17, 15) is 4.79 Å². The first-order chi connectivity index (χ1) is 9.60. The molecule has 0 radical (unpaired) electrons. The van der Waals surface area contributed by atoms with Crippen LogP contribution in [-0.2, 0) is 7.05 Å². The van der Waals surface area contributed by atoms with Gasteiger partial charge in [0.1, 0.15) is 11.4 Å². The molecule has 102 valence electrons. The summed E-state index contributed by atoms with van der Waals surface area (Å²) in [5.74, 6) is -0.731. The number of aryl methyl sites for hydroxylation is 1. The fraction of sp³-hybridized carbons (Fsp3) is 0.143. The van der Waals surface area contributed by atoms with E-state index in [-0.39, 0.29) is 5.76 Å². The SMILES string of the molecule is COc1cc2ccn(C)c2cc1-c1cc(C(=O)O)on1. The van der Waals surface area contributed by atoms with Gasteiger partial charge in [-0.1, -0.05) is 5.16 Å². The standard InChI is InChI=1S/C14H12N2O4/c1-16-4-3-8-5-12(19-2)9(6-11(8)16)10-7-13(14(17)18)20-15-10/h3-7H,1-2H3,(H,17,18). The van der Waals surface area contributed by atoms with Crippen LogP contribution in [0.5, 0.6) is 5.75 Å². The third kappa shape index (κ3) is 1.82. The molecule has 0 spiro atoms. The van der Waals surface area contributed by atoms with E-state index in [0.29, 0.717) is 17.0 Å². The zero-order valence-corrected chi connectivity index (χ0v) is 11.0. The van der Waals surface area contributed by atoms with Gasteiger partial charge in [0.25, 0.3) is 0 Å². The number of aromatic carboxylic acids is 1. The molecule has 3 rings (SSSR count). The summed E-state index contributed by atoms with van der Waals surface area (Å²) in [7, 11) is 3.50. The van der Waals surface area contributed by atoms with Crippen molar-refractivity contribution in [2.45, 2.75) is 0 Å². The predicted octanol–water partition coefficient (Wildman–Crippen LogP) is 2.54. The summed E-state index contributed by atoms with van der Waals surface area (Å²) in [6.45, 7) is 0. The molecule has 6 nitrogen and oxygen atoms in total. The van der Waals surface area contributed by atoms with E-state index in [1.54, 1.807) is 7.11 Å². The minimum absolute atomic E-state index is 0.200. The van der Waals surface area contributed by atoms with E-state index in [0.717, 1.165) is 10.9 Å². The van der Waals surface area contributed by atoms with E-state index in [1.165, 1.54) is 6.07 Å². The molecule has 0 saturated carbocycles. The van der Waals surface area contributed by atoms with Gasteiger partial charge in [0.05, 0.1) is 7.11 Å². The van der Waals surface area contributed by atoms with Gasteiger partial charge in [-0.15, -0.1) is 0 Å². The maximum absolute atomic E-state index is 10.9. The topological polar surface area (TPSA) is 77.5 Å². The Balaban J connectivity index is 2.21. The Morgan fingerprint density at radius 2 is 2.20 bits per heavy atom. The molecule has 0 bridgehead atoms. The first kappa shape index (κ1) is 12.3. The smallest absolute Gasteiger partial charge is 0.374 e. The molecule has 20 heavy (non-hydrogen) atoms. The minimum atomic E-state index is -1.15. The molecule has 6 heteroatoms. The third-order valence-corrected chi connectivity index (χ3v) is 3.20. The van der Waals surface area contributed by atoms with Crippen LogP contribution in [0.25, 0.3) is 22.2 Å². The van der Waals surface area contributed by atoms with Crippen LogP contribution in [0, 0.1) is 0 Å². The van der Waals surface area contributed by atoms with E-state index in [1.807, 2.05) is 36.0 Å². The van der Waals surface area contributed by atoms with Crippen molar-refractivity contribution in [2.75, 3.05) is 7.11 Å². The van der Waals surface area contributed by atoms with Crippen LogP contribution in [0.15, 0.2) is 35.0 Å². The molecule has 0 aliphatic rings. The maximum Gasteiger partial charge on any atom is 0.374 e. The number of fused-ring (bicyclic) bond motifs is 1. The van der Waals surface area contributed by atoms with Crippen LogP contribution in [0.2, 0.25) is 0 Å². The number of carbonyl (C=O) groups is 1. The molecular formula is C14H12N2O4. The summed E-state index contributed by atoms with van der Waals surface area (Å²) < 4.78 is 12.1. The molecule has 0 aliphatic heterocycles. The van der Waals surface area contributed by atoms with Gasteiger partial charge in [-0.2, -0.15) is 0 Å². The maximum atomic E-state index is 10.9. The summed E-state index contributed by atoms with van der Waals surface area (Å²) in [5.41, 5.74) is 2.13. The van der Waals surface area contributed by atoms with E-state index in [4.69, 9.17) is 14.4 Å². The van der Waals surface area contributed by atoms with Crippen LogP contribution in [0.3, 0.4) is 0 Å². The highest BCUT2D eigenvalue weighted by Gasteiger charge is 2.16. The Kier molecular flexibility index (Phi) is 2.71. The second kappa shape index (κ2) is 4.41. The molecule has 0 unspecified atom stereocenters. The Labute approximate surface area is 114 Å². The van der Waals surface area contributed by atoms with Crippen LogP contribution < -0.4 is 4.74 Å². The van der Waals surface area contributed by atoms with Crippen molar-refractivity contribution in [3.63, 3.8) is 0 Å². The third-order valence-electron chi connectivity index (χ3n) is 3.20. The summed E-state index contributed by atoms with van der Waals surface area (Å²) in [4.78, 5) is 10.9. The fourth-order valence-corrected chi connectivity index (χ4v) is 2.17. The Hall–Kier alpha value is -2.76. The Morgan fingerprint density at radius 1 is 1.40 bits per heavy atom. The van der Waals surface area contributed by atoms with Gasteiger partial charge < -0.3 is 18.9 Å². The van der Waals surface area contributed by atoms with Crippen LogP contribution in [0.1, 0.15) is 10.6 Å². The van der Waals surface area contributed by atoms with Gasteiger partial charge >= 0.3 is 5.97 Å². The lowest BCUT2D eigenvalue weighted by atomic mass is 10.1. The first-order valence-corrected chi connectivity index (χ1v) is 5.93. The highest BCUT2D eigenvalue weighted by Crippen LogP contribution is 2.34. The van der Waals surface area contributed by atoms with Gasteiger partial charge in [0, 0.05) is 35.8 Å². The molecule has 1 N–H and O–H groups in total. The summed E-state index contributed by atoms with van der Waals surface area (Å²) in [6.07, 6.45) is 1.94. The predicted molar refractivity (Wildman–Crippen MR) is 71.9 cm³/mol. The lowest BCUT2D eigenvalue weighted by Gasteiger charge is -2.07. The monoisotopic (exact) mass is 272 g/mol. The highest BCUT2D eigenvalue weighted by molar-refractivity contribution is 5.90. The second-order valence-electron chi connectivity index (χ2n) is 4.42. The van der Waals surface area contributed by atoms with Crippen molar-refractivity contribution in [1.29, 1.82) is 0 Å². The summed E-state index contributed by atoms with van der Waals surface area (Å²) in [6, 6.07) is 7.15. The van der Waals surface area contributed by atoms with Crippen molar-refractivity contribution in [3.05, 3.63) is 36.2 Å². The van der Waals surface area contributed by atoms with E-state index >= 15 is 0 Å². The molecule has 0 aliphatic carbocycles. The zero-order valence-electron chi connectivity index (χ0n) is 11.0. The molecule has 2 aromatic heterocycles. The van der Waals surface area contributed by atoms with E-state index in [2.05, 4.69) is 5.16 Å². The molecule has 2 heterocycles. The van der Waals surface area contributed by atoms with Crippen LogP contribution in [-0.4, -0.2) is 27.9 Å². The summed E-state index contributed by atoms with van der Waals surface area (Å²) >= 11 is 0. The number of carboxylic acid groups (broad SMARTS) is 1. The number of nitrogens with zero attached hydrogens (tertiary/aromatic N) is 2. The number of hydrogen-bond donors (Lipinski definition) is 1. The van der Waals surface area contributed by atoms with Crippen molar-refractivity contribution >= 4 is 16.9 Å². The average molecular weight is 272 g/mol. The molecular weight excluding hydrogens is 260 g/mol. The van der Waals surface area contributed by atoms with Crippen molar-refractivity contribution in [3.8, 4) is 17.0 Å². The first-order valence-electron chi connectivity index (χ1n) is 5.93. The second-order valence-corrected chi connectivity index (χ2v) is 4.42. The number of benzene rings is 1. The molecule has 0 fully saturated rings. The zero-order chi connectivity index (χ0) is 14.3. The molecule has 3 aromatic rings. The Morgan fingerprint density at radius 3 is 2.85 bits per heavy atom. The van der Waals surface area contributed by atoms with Crippen molar-refractivity contribution in [2.24, 2.45) is 7.05 Å². The largest absolute Gasteiger partial charge is 0.496 e. The number of hydrogen-bond acceptors (Lipinski definition) is 4. The minimum Gasteiger partial charge on any atom is -0.496 e. The lowest BCUT2D eigenvalue weighted by molar-refractivity contribution is 0.0652. The quantitative estimate of drug-likeness (QED) is 0.792. The van der Waals surface area contributed by atoms with Crippen molar-refractivity contribution < 1.29 is 19.2 Å². The molecule has 0 atom stereocenters. The van der Waals surface area contributed by atoms with Crippen LogP contribution >= 0.6 is 0 Å². The van der Waals surface area contributed by atoms with Gasteiger partial charge in [0.15, 0.2) is 0 Å². The average Bonchev–Trinajstić information content (AvgIpc) is 3.05. The van der Waals surface area contributed by atoms with E-state index < -0.39 is 5.97 Å². The number of carboxylic acids is 1. The van der Waals surface area contributed by atoms with Gasteiger partial charge in [-0.25, -0.2) is 4.79 Å². The number of rotatable bonds is 3. The van der Waals surface area contributed by atoms with Crippen LogP contribution in [0.4, 0.5) is 0 Å².